The van der Waals surface area contributed by atoms with Crippen LogP contribution in [0.2, 0.25) is 0 Å². The average Bonchev–Trinajstić information content (AvgIpc) is 3.25. The maximum absolute atomic E-state index is 12.9. The van der Waals surface area contributed by atoms with Crippen LogP contribution >= 0.6 is 11.3 Å². The predicted octanol–water partition coefficient (Wildman–Crippen LogP) is 2.52. The Kier molecular flexibility index (Phi) is 5.80. The van der Waals surface area contributed by atoms with Crippen molar-refractivity contribution in [2.24, 2.45) is 0 Å². The van der Waals surface area contributed by atoms with Gasteiger partial charge in [0.2, 0.25) is 5.91 Å². The zero-order valence-electron chi connectivity index (χ0n) is 14.6. The van der Waals surface area contributed by atoms with E-state index < -0.39 is 23.8 Å². The smallest absolute Gasteiger partial charge is 0.312 e. The molecule has 0 bridgehead atoms. The summed E-state index contributed by atoms with van der Waals surface area (Å²) in [6.45, 7) is 2.09. The van der Waals surface area contributed by atoms with E-state index in [1.165, 1.54) is 42.5 Å². The van der Waals surface area contributed by atoms with Crippen LogP contribution in [-0.4, -0.2) is 35.4 Å². The van der Waals surface area contributed by atoms with Crippen LogP contribution < -0.4 is 10.2 Å². The van der Waals surface area contributed by atoms with Crippen molar-refractivity contribution in [3.8, 4) is 0 Å². The molecule has 1 N–H and O–H groups in total. The summed E-state index contributed by atoms with van der Waals surface area (Å²) in [5.41, 5.74) is 0.898. The zero-order valence-corrected chi connectivity index (χ0v) is 15.4. The molecule has 0 radical (unpaired) electrons. The highest BCUT2D eigenvalue weighted by Crippen LogP contribution is 2.25. The third-order valence-electron chi connectivity index (χ3n) is 3.96. The molecule has 1 aliphatic heterocycles. The maximum atomic E-state index is 12.9. The van der Waals surface area contributed by atoms with Crippen molar-refractivity contribution in [3.63, 3.8) is 0 Å². The number of ether oxygens (including phenoxy) is 1. The molecule has 2 amide bonds. The molecule has 1 aromatic heterocycles. The summed E-state index contributed by atoms with van der Waals surface area (Å²) in [5, 5.41) is 4.82. The van der Waals surface area contributed by atoms with E-state index in [2.05, 4.69) is 10.3 Å². The SMILES string of the molecule is C[C@H](OC(=O)Cc1csc(N2CCCC2=O)n1)C(=O)Nc1ccc(F)cc1. The summed E-state index contributed by atoms with van der Waals surface area (Å²) in [6, 6.07) is 5.27. The number of esters is 1. The van der Waals surface area contributed by atoms with Gasteiger partial charge in [-0.1, -0.05) is 0 Å². The molecule has 7 nitrogen and oxygen atoms in total. The van der Waals surface area contributed by atoms with Crippen molar-refractivity contribution in [1.29, 1.82) is 0 Å². The van der Waals surface area contributed by atoms with Crippen LogP contribution in [0.25, 0.3) is 0 Å². The van der Waals surface area contributed by atoms with E-state index in [0.29, 0.717) is 29.5 Å². The van der Waals surface area contributed by atoms with Crippen LogP contribution in [0.1, 0.15) is 25.5 Å². The maximum Gasteiger partial charge on any atom is 0.312 e. The van der Waals surface area contributed by atoms with Gasteiger partial charge in [0.1, 0.15) is 5.82 Å². The van der Waals surface area contributed by atoms with Gasteiger partial charge in [-0.2, -0.15) is 0 Å². The molecule has 1 saturated heterocycles. The average molecular weight is 391 g/mol. The summed E-state index contributed by atoms with van der Waals surface area (Å²) in [4.78, 5) is 41.7. The topological polar surface area (TPSA) is 88.6 Å². The number of hydrogen-bond acceptors (Lipinski definition) is 6. The number of anilines is 2. The molecule has 1 atom stereocenters. The van der Waals surface area contributed by atoms with Crippen molar-refractivity contribution < 1.29 is 23.5 Å². The number of hydrogen-bond donors (Lipinski definition) is 1. The normalized spacial score (nSPS) is 14.9. The number of rotatable bonds is 6. The molecule has 1 fully saturated rings. The minimum atomic E-state index is -1.01. The first-order valence-corrected chi connectivity index (χ1v) is 9.31. The predicted molar refractivity (Wildman–Crippen MR) is 98.0 cm³/mol. The highest BCUT2D eigenvalue weighted by Gasteiger charge is 2.25. The molecule has 1 aliphatic rings. The molecule has 2 heterocycles. The van der Waals surface area contributed by atoms with Gasteiger partial charge in [0.25, 0.3) is 5.91 Å². The lowest BCUT2D eigenvalue weighted by Gasteiger charge is -2.13. The number of thiazole rings is 1. The molecule has 0 aliphatic carbocycles. The van der Waals surface area contributed by atoms with Crippen molar-refractivity contribution in [1.82, 2.24) is 4.98 Å². The molecule has 0 unspecified atom stereocenters. The summed E-state index contributed by atoms with van der Waals surface area (Å²) < 4.78 is 18.0. The van der Waals surface area contributed by atoms with Gasteiger partial charge in [0, 0.05) is 24.0 Å². The minimum Gasteiger partial charge on any atom is -0.452 e. The van der Waals surface area contributed by atoms with E-state index in [9.17, 15) is 18.8 Å². The lowest BCUT2D eigenvalue weighted by atomic mass is 10.3. The summed E-state index contributed by atoms with van der Waals surface area (Å²) in [7, 11) is 0. The molecule has 0 spiro atoms. The highest BCUT2D eigenvalue weighted by molar-refractivity contribution is 7.14. The van der Waals surface area contributed by atoms with Gasteiger partial charge in [-0.3, -0.25) is 19.3 Å². The Morgan fingerprint density at radius 3 is 2.78 bits per heavy atom. The van der Waals surface area contributed by atoms with Crippen LogP contribution in [-0.2, 0) is 25.5 Å². The van der Waals surface area contributed by atoms with E-state index in [1.54, 1.807) is 10.3 Å². The van der Waals surface area contributed by atoms with Crippen LogP contribution in [0, 0.1) is 5.82 Å². The number of amides is 2. The fourth-order valence-corrected chi connectivity index (χ4v) is 3.44. The highest BCUT2D eigenvalue weighted by atomic mass is 32.1. The van der Waals surface area contributed by atoms with Crippen molar-refractivity contribution in [3.05, 3.63) is 41.2 Å². The van der Waals surface area contributed by atoms with Crippen molar-refractivity contribution in [2.45, 2.75) is 32.3 Å². The molecule has 27 heavy (non-hydrogen) atoms. The second-order valence-electron chi connectivity index (χ2n) is 6.08. The number of carbonyl (C=O) groups is 3. The van der Waals surface area contributed by atoms with Crippen LogP contribution in [0.15, 0.2) is 29.6 Å². The zero-order chi connectivity index (χ0) is 19.4. The molecule has 0 saturated carbocycles. The Balaban J connectivity index is 1.51. The minimum absolute atomic E-state index is 0.0320. The monoisotopic (exact) mass is 391 g/mol. The Labute approximate surface area is 159 Å². The molecular weight excluding hydrogens is 373 g/mol. The Morgan fingerprint density at radius 1 is 1.37 bits per heavy atom. The third kappa shape index (κ3) is 4.88. The number of halogens is 1. The van der Waals surface area contributed by atoms with Gasteiger partial charge in [0.05, 0.1) is 12.1 Å². The van der Waals surface area contributed by atoms with E-state index >= 15 is 0 Å². The Bertz CT molecular complexity index is 853. The van der Waals surface area contributed by atoms with Crippen LogP contribution in [0.4, 0.5) is 15.2 Å². The fraction of sp³-hybridized carbons (Fsp3) is 0.333. The van der Waals surface area contributed by atoms with Gasteiger partial charge in [-0.05, 0) is 37.6 Å². The molecule has 9 heteroatoms. The lowest BCUT2D eigenvalue weighted by molar-refractivity contribution is -0.152. The van der Waals surface area contributed by atoms with E-state index in [4.69, 9.17) is 4.74 Å². The quantitative estimate of drug-likeness (QED) is 0.765. The van der Waals surface area contributed by atoms with Crippen LogP contribution in [0.5, 0.6) is 0 Å². The Morgan fingerprint density at radius 2 is 2.11 bits per heavy atom. The first-order valence-electron chi connectivity index (χ1n) is 8.43. The summed E-state index contributed by atoms with van der Waals surface area (Å²) in [5.74, 6) is -1.49. The number of aromatic nitrogens is 1. The van der Waals surface area contributed by atoms with E-state index in [1.807, 2.05) is 0 Å². The van der Waals surface area contributed by atoms with Gasteiger partial charge in [-0.15, -0.1) is 11.3 Å². The second-order valence-corrected chi connectivity index (χ2v) is 6.91. The standard InChI is InChI=1S/C18H18FN3O4S/c1-11(17(25)20-13-6-4-12(19)5-7-13)26-16(24)9-14-10-27-18(21-14)22-8-2-3-15(22)23/h4-7,10-11H,2-3,8-9H2,1H3,(H,20,25)/t11-/m0/s1. The van der Waals surface area contributed by atoms with Crippen molar-refractivity contribution >= 4 is 39.9 Å². The number of nitrogens with zero attached hydrogens (tertiary/aromatic N) is 2. The Hall–Kier alpha value is -2.81. The number of nitrogens with one attached hydrogen (secondary N) is 1. The molecule has 2 aromatic rings. The van der Waals surface area contributed by atoms with E-state index in [0.717, 1.165) is 6.42 Å². The van der Waals surface area contributed by atoms with Crippen molar-refractivity contribution in [2.75, 3.05) is 16.8 Å². The summed E-state index contributed by atoms with van der Waals surface area (Å²) in [6.07, 6.45) is 0.210. The number of benzene rings is 1. The fourth-order valence-electron chi connectivity index (χ4n) is 2.57. The van der Waals surface area contributed by atoms with E-state index in [-0.39, 0.29) is 12.3 Å². The van der Waals surface area contributed by atoms with Gasteiger partial charge in [-0.25, -0.2) is 9.37 Å². The second kappa shape index (κ2) is 8.26. The van der Waals surface area contributed by atoms with Crippen LogP contribution in [0.3, 0.4) is 0 Å². The lowest BCUT2D eigenvalue weighted by Crippen LogP contribution is -2.30. The van der Waals surface area contributed by atoms with Gasteiger partial charge >= 0.3 is 5.97 Å². The molecule has 142 valence electrons. The van der Waals surface area contributed by atoms with Gasteiger partial charge < -0.3 is 10.1 Å². The largest absolute Gasteiger partial charge is 0.452 e. The molecule has 1 aromatic carbocycles. The third-order valence-corrected chi connectivity index (χ3v) is 4.87. The summed E-state index contributed by atoms with van der Waals surface area (Å²) >= 11 is 1.30. The van der Waals surface area contributed by atoms with Gasteiger partial charge in [0.15, 0.2) is 11.2 Å². The first kappa shape index (κ1) is 19.0. The molecule has 3 rings (SSSR count). The number of carbonyl (C=O) groups excluding carboxylic acids is 3. The molecular formula is C18H18FN3O4S. The first-order chi connectivity index (χ1) is 12.9.